The Bertz CT molecular complexity index is 466. The molecule has 0 saturated heterocycles. The number of hydrogen-bond donors (Lipinski definition) is 0. The lowest BCUT2D eigenvalue weighted by molar-refractivity contribution is 1.37. The predicted molar refractivity (Wildman–Crippen MR) is 56.5 cm³/mol. The van der Waals surface area contributed by atoms with Crippen LogP contribution in [0, 0.1) is 6.92 Å². The maximum atomic E-state index is 5.87. The molecule has 0 saturated carbocycles. The number of nitrogens with zero attached hydrogens (tertiary/aromatic N) is 1. The summed E-state index contributed by atoms with van der Waals surface area (Å²) in [4.78, 5) is 4.18. The maximum absolute atomic E-state index is 5.87. The number of halogens is 2. The smallest absolute Gasteiger partial charge is 0.130 e. The molecule has 1 heterocycles. The summed E-state index contributed by atoms with van der Waals surface area (Å²) < 4.78 is 0. The average molecular weight is 212 g/mol. The van der Waals surface area contributed by atoms with Crippen molar-refractivity contribution in [3.05, 3.63) is 40.0 Å². The van der Waals surface area contributed by atoms with Crippen LogP contribution in [0.2, 0.25) is 10.2 Å². The molecule has 0 amide bonds. The van der Waals surface area contributed by atoms with Gasteiger partial charge in [-0.25, -0.2) is 4.98 Å². The van der Waals surface area contributed by atoms with E-state index in [9.17, 15) is 0 Å². The van der Waals surface area contributed by atoms with Crippen LogP contribution in [0.4, 0.5) is 0 Å². The molecule has 0 N–H and O–H groups in total. The highest BCUT2D eigenvalue weighted by atomic mass is 35.5. The Hall–Kier alpha value is -0.790. The topological polar surface area (TPSA) is 12.9 Å². The number of benzene rings is 1. The second-order valence-corrected chi connectivity index (χ2v) is 3.75. The second-order valence-electron chi connectivity index (χ2n) is 2.92. The van der Waals surface area contributed by atoms with Crippen molar-refractivity contribution in [1.29, 1.82) is 0 Å². The molecule has 0 radical (unpaired) electrons. The molecule has 3 heteroatoms. The molecule has 2 rings (SSSR count). The molecule has 1 aromatic heterocycles. The average Bonchev–Trinajstić information content (AvgIpc) is 2.06. The lowest BCUT2D eigenvalue weighted by Crippen LogP contribution is -1.83. The molecule has 0 fully saturated rings. The third kappa shape index (κ3) is 1.62. The minimum Gasteiger partial charge on any atom is -0.236 e. The quantitative estimate of drug-likeness (QED) is 0.604. The number of rotatable bonds is 0. The molecule has 0 unspecified atom stereocenters. The van der Waals surface area contributed by atoms with E-state index in [-0.39, 0.29) is 0 Å². The second kappa shape index (κ2) is 3.17. The van der Waals surface area contributed by atoms with Gasteiger partial charge >= 0.3 is 0 Å². The highest BCUT2D eigenvalue weighted by Gasteiger charge is 2.01. The van der Waals surface area contributed by atoms with E-state index in [1.807, 2.05) is 31.2 Å². The Labute approximate surface area is 86.3 Å². The van der Waals surface area contributed by atoms with E-state index >= 15 is 0 Å². The summed E-state index contributed by atoms with van der Waals surface area (Å²) in [6, 6.07) is 7.42. The fourth-order valence-electron chi connectivity index (χ4n) is 1.33. The van der Waals surface area contributed by atoms with Crippen molar-refractivity contribution in [2.24, 2.45) is 0 Å². The molecule has 0 aliphatic carbocycles. The van der Waals surface area contributed by atoms with Crippen LogP contribution < -0.4 is 0 Å². The van der Waals surface area contributed by atoms with Crippen LogP contribution in [0.5, 0.6) is 0 Å². The third-order valence-corrected chi connectivity index (χ3v) is 2.38. The highest BCUT2D eigenvalue weighted by molar-refractivity contribution is 6.31. The standard InChI is InChI=1S/C10H7Cl2N/c1-6-4-10(12)13-9-3-2-7(11)5-8(6)9/h2-5H,1H3. The van der Waals surface area contributed by atoms with Crippen molar-refractivity contribution >= 4 is 34.1 Å². The molecule has 1 nitrogen and oxygen atoms in total. The number of aromatic nitrogens is 1. The van der Waals surface area contributed by atoms with E-state index in [2.05, 4.69) is 4.98 Å². The molecule has 0 bridgehead atoms. The van der Waals surface area contributed by atoms with E-state index in [1.165, 1.54) is 0 Å². The van der Waals surface area contributed by atoms with Gasteiger partial charge in [0.1, 0.15) is 5.15 Å². The Kier molecular flexibility index (Phi) is 2.14. The minimum atomic E-state index is 0.521. The number of aryl methyl sites for hydroxylation is 1. The summed E-state index contributed by atoms with van der Waals surface area (Å²) in [7, 11) is 0. The van der Waals surface area contributed by atoms with Crippen LogP contribution in [-0.2, 0) is 0 Å². The van der Waals surface area contributed by atoms with Gasteiger partial charge in [-0.15, -0.1) is 0 Å². The Morgan fingerprint density at radius 1 is 1.15 bits per heavy atom. The monoisotopic (exact) mass is 211 g/mol. The zero-order valence-corrected chi connectivity index (χ0v) is 8.52. The lowest BCUT2D eigenvalue weighted by atomic mass is 10.1. The van der Waals surface area contributed by atoms with Gasteiger partial charge in [0, 0.05) is 10.4 Å². The van der Waals surface area contributed by atoms with Gasteiger partial charge in [-0.2, -0.15) is 0 Å². The fourth-order valence-corrected chi connectivity index (χ4v) is 1.75. The summed E-state index contributed by atoms with van der Waals surface area (Å²) in [5, 5.41) is 2.30. The Morgan fingerprint density at radius 3 is 2.69 bits per heavy atom. The number of pyridine rings is 1. The molecule has 66 valence electrons. The molecule has 13 heavy (non-hydrogen) atoms. The van der Waals surface area contributed by atoms with E-state index in [0.29, 0.717) is 5.15 Å². The van der Waals surface area contributed by atoms with E-state index in [0.717, 1.165) is 21.5 Å². The maximum Gasteiger partial charge on any atom is 0.130 e. The SMILES string of the molecule is Cc1cc(Cl)nc2ccc(Cl)cc12. The van der Waals surface area contributed by atoms with Crippen molar-refractivity contribution in [3.63, 3.8) is 0 Å². The van der Waals surface area contributed by atoms with Crippen molar-refractivity contribution in [2.75, 3.05) is 0 Å². The predicted octanol–water partition coefficient (Wildman–Crippen LogP) is 3.85. The summed E-state index contributed by atoms with van der Waals surface area (Å²) in [6.07, 6.45) is 0. The van der Waals surface area contributed by atoms with Crippen LogP contribution in [0.25, 0.3) is 10.9 Å². The van der Waals surface area contributed by atoms with Crippen molar-refractivity contribution in [1.82, 2.24) is 4.98 Å². The summed E-state index contributed by atoms with van der Waals surface area (Å²) in [5.41, 5.74) is 1.98. The summed E-state index contributed by atoms with van der Waals surface area (Å²) >= 11 is 11.7. The lowest BCUT2D eigenvalue weighted by Gasteiger charge is -2.02. The molecule has 0 atom stereocenters. The van der Waals surface area contributed by atoms with E-state index < -0.39 is 0 Å². The first-order valence-corrected chi connectivity index (χ1v) is 4.65. The van der Waals surface area contributed by atoms with Crippen LogP contribution in [-0.4, -0.2) is 4.98 Å². The van der Waals surface area contributed by atoms with Crippen molar-refractivity contribution < 1.29 is 0 Å². The van der Waals surface area contributed by atoms with E-state index in [1.54, 1.807) is 0 Å². The largest absolute Gasteiger partial charge is 0.236 e. The van der Waals surface area contributed by atoms with Crippen LogP contribution >= 0.6 is 23.2 Å². The zero-order chi connectivity index (χ0) is 9.42. The van der Waals surface area contributed by atoms with Crippen LogP contribution in [0.1, 0.15) is 5.56 Å². The first-order chi connectivity index (χ1) is 6.16. The van der Waals surface area contributed by atoms with Gasteiger partial charge in [-0.3, -0.25) is 0 Å². The molecule has 1 aromatic carbocycles. The van der Waals surface area contributed by atoms with Gasteiger partial charge in [0.2, 0.25) is 0 Å². The van der Waals surface area contributed by atoms with Gasteiger partial charge in [-0.1, -0.05) is 23.2 Å². The normalized spacial score (nSPS) is 10.7. The van der Waals surface area contributed by atoms with Gasteiger partial charge < -0.3 is 0 Å². The van der Waals surface area contributed by atoms with Crippen molar-refractivity contribution in [3.8, 4) is 0 Å². The molecule has 0 aliphatic heterocycles. The molecular formula is C10H7Cl2N. The van der Waals surface area contributed by atoms with E-state index in [4.69, 9.17) is 23.2 Å². The summed E-state index contributed by atoms with van der Waals surface area (Å²) in [5.74, 6) is 0. The molecule has 2 aromatic rings. The van der Waals surface area contributed by atoms with Gasteiger partial charge in [0.25, 0.3) is 0 Å². The van der Waals surface area contributed by atoms with Crippen molar-refractivity contribution in [2.45, 2.75) is 6.92 Å². The van der Waals surface area contributed by atoms with Crippen LogP contribution in [0.15, 0.2) is 24.3 Å². The fraction of sp³-hybridized carbons (Fsp3) is 0.100. The minimum absolute atomic E-state index is 0.521. The number of fused-ring (bicyclic) bond motifs is 1. The molecule has 0 aliphatic rings. The zero-order valence-electron chi connectivity index (χ0n) is 7.01. The van der Waals surface area contributed by atoms with Gasteiger partial charge in [0.05, 0.1) is 5.52 Å². The van der Waals surface area contributed by atoms with Gasteiger partial charge in [-0.05, 0) is 36.8 Å². The van der Waals surface area contributed by atoms with Crippen LogP contribution in [0.3, 0.4) is 0 Å². The summed E-state index contributed by atoms with van der Waals surface area (Å²) in [6.45, 7) is 1.99. The first-order valence-electron chi connectivity index (χ1n) is 3.89. The molecular weight excluding hydrogens is 205 g/mol. The Balaban J connectivity index is 2.87. The Morgan fingerprint density at radius 2 is 1.92 bits per heavy atom. The number of hydrogen-bond acceptors (Lipinski definition) is 1. The third-order valence-electron chi connectivity index (χ3n) is 1.95. The van der Waals surface area contributed by atoms with Gasteiger partial charge in [0.15, 0.2) is 0 Å². The highest BCUT2D eigenvalue weighted by Crippen LogP contribution is 2.23. The first kappa shape index (κ1) is 8.79. The molecule has 0 spiro atoms.